The molecule has 0 saturated heterocycles. The summed E-state index contributed by atoms with van der Waals surface area (Å²) in [6.07, 6.45) is 4.84. The molecule has 0 aliphatic heterocycles. The summed E-state index contributed by atoms with van der Waals surface area (Å²) in [6, 6.07) is 38.7. The molecule has 0 spiro atoms. The van der Waals surface area contributed by atoms with E-state index in [9.17, 15) is 4.79 Å². The lowest BCUT2D eigenvalue weighted by Crippen LogP contribution is -2.04. The van der Waals surface area contributed by atoms with E-state index < -0.39 is 0 Å². The Hall–Kier alpha value is -4.37. The van der Waals surface area contributed by atoms with Gasteiger partial charge in [-0.1, -0.05) is 105 Å². The number of carbonyl (C=O) groups is 1. The first-order valence-electron chi connectivity index (χ1n) is 14.2. The van der Waals surface area contributed by atoms with Crippen molar-refractivity contribution >= 4 is 16.6 Å². The number of fused-ring (bicyclic) bond motifs is 1. The molecule has 0 heterocycles. The summed E-state index contributed by atoms with van der Waals surface area (Å²) in [5, 5.41) is 2.21. The molecule has 3 heteroatoms. The molecule has 0 fully saturated rings. The number of unbranched alkanes of at least 4 members (excludes halogenated alkanes) is 3. The highest BCUT2D eigenvalue weighted by molar-refractivity contribution is 6.03. The highest BCUT2D eigenvalue weighted by Gasteiger charge is 2.15. The Morgan fingerprint density at radius 2 is 1.20 bits per heavy atom. The minimum Gasteiger partial charge on any atom is -0.489 e. The molecule has 0 aliphatic carbocycles. The minimum absolute atomic E-state index is 0.168. The zero-order valence-corrected chi connectivity index (χ0v) is 23.1. The zero-order chi connectivity index (χ0) is 27.6. The molecular weight excluding hydrogens is 492 g/mol. The van der Waals surface area contributed by atoms with E-state index in [1.165, 1.54) is 0 Å². The number of Topliss-reactive ketones (excluding diaryl/α,β-unsaturated/α-hetero) is 1. The van der Waals surface area contributed by atoms with Gasteiger partial charge in [-0.05, 0) is 75.8 Å². The van der Waals surface area contributed by atoms with Crippen molar-refractivity contribution in [1.29, 1.82) is 0 Å². The number of hydrogen-bond acceptors (Lipinski definition) is 3. The van der Waals surface area contributed by atoms with Gasteiger partial charge in [-0.3, -0.25) is 4.79 Å². The zero-order valence-electron chi connectivity index (χ0n) is 23.1. The van der Waals surface area contributed by atoms with Gasteiger partial charge in [0.1, 0.15) is 24.7 Å². The van der Waals surface area contributed by atoms with Crippen LogP contribution in [0.15, 0.2) is 115 Å². The van der Waals surface area contributed by atoms with E-state index in [4.69, 9.17) is 9.47 Å². The van der Waals surface area contributed by atoms with Crippen molar-refractivity contribution in [2.24, 2.45) is 0 Å². The van der Waals surface area contributed by atoms with Crippen LogP contribution < -0.4 is 9.47 Å². The second kappa shape index (κ2) is 13.6. The van der Waals surface area contributed by atoms with Crippen molar-refractivity contribution in [3.63, 3.8) is 0 Å². The lowest BCUT2D eigenvalue weighted by atomic mass is 9.93. The Balaban J connectivity index is 1.38. The number of carbonyl (C=O) groups excluding carboxylic acids is 1. The first-order valence-corrected chi connectivity index (χ1v) is 14.2. The maximum Gasteiger partial charge on any atom is 0.163 e. The summed E-state index contributed by atoms with van der Waals surface area (Å²) in [5.41, 5.74) is 4.93. The van der Waals surface area contributed by atoms with Crippen molar-refractivity contribution in [2.45, 2.75) is 52.2 Å². The monoisotopic (exact) mass is 528 g/mol. The van der Waals surface area contributed by atoms with Crippen molar-refractivity contribution in [2.75, 3.05) is 0 Å². The molecule has 0 N–H and O–H groups in total. The van der Waals surface area contributed by atoms with Crippen LogP contribution in [0.25, 0.3) is 21.9 Å². The highest BCUT2D eigenvalue weighted by Crippen LogP contribution is 2.32. The smallest absolute Gasteiger partial charge is 0.163 e. The van der Waals surface area contributed by atoms with Crippen LogP contribution in [0.2, 0.25) is 0 Å². The number of ether oxygens (including phenoxy) is 2. The summed E-state index contributed by atoms with van der Waals surface area (Å²) >= 11 is 0. The average Bonchev–Trinajstić information content (AvgIpc) is 3.01. The van der Waals surface area contributed by atoms with Crippen LogP contribution in [0.3, 0.4) is 0 Å². The molecule has 0 radical (unpaired) electrons. The number of benzene rings is 5. The number of hydrogen-bond donors (Lipinski definition) is 0. The van der Waals surface area contributed by atoms with Crippen LogP contribution in [0.1, 0.15) is 60.5 Å². The van der Waals surface area contributed by atoms with Crippen LogP contribution in [0, 0.1) is 0 Å². The van der Waals surface area contributed by atoms with Crippen LogP contribution in [0.4, 0.5) is 0 Å². The molecule has 0 unspecified atom stereocenters. The molecular formula is C37H36O3. The van der Waals surface area contributed by atoms with Crippen LogP contribution in [-0.2, 0) is 13.2 Å². The fourth-order valence-corrected chi connectivity index (χ4v) is 4.91. The van der Waals surface area contributed by atoms with Crippen molar-refractivity contribution in [3.05, 3.63) is 132 Å². The van der Waals surface area contributed by atoms with Crippen molar-refractivity contribution < 1.29 is 14.3 Å². The van der Waals surface area contributed by atoms with E-state index in [1.807, 2.05) is 72.8 Å². The van der Waals surface area contributed by atoms with E-state index in [1.54, 1.807) is 0 Å². The van der Waals surface area contributed by atoms with Gasteiger partial charge in [0.15, 0.2) is 5.78 Å². The van der Waals surface area contributed by atoms with Gasteiger partial charge in [0.2, 0.25) is 0 Å². The van der Waals surface area contributed by atoms with Gasteiger partial charge in [0, 0.05) is 12.0 Å². The van der Waals surface area contributed by atoms with Gasteiger partial charge in [-0.2, -0.15) is 0 Å². The fourth-order valence-electron chi connectivity index (χ4n) is 4.91. The maximum absolute atomic E-state index is 13.5. The van der Waals surface area contributed by atoms with E-state index in [2.05, 4.69) is 49.4 Å². The highest BCUT2D eigenvalue weighted by atomic mass is 16.5. The average molecular weight is 529 g/mol. The van der Waals surface area contributed by atoms with Crippen LogP contribution in [-0.4, -0.2) is 5.78 Å². The van der Waals surface area contributed by atoms with Gasteiger partial charge >= 0.3 is 0 Å². The molecule has 3 nitrogen and oxygen atoms in total. The second-order valence-corrected chi connectivity index (χ2v) is 10.2. The van der Waals surface area contributed by atoms with Gasteiger partial charge in [-0.15, -0.1) is 0 Å². The maximum atomic E-state index is 13.5. The van der Waals surface area contributed by atoms with E-state index >= 15 is 0 Å². The lowest BCUT2D eigenvalue weighted by molar-refractivity contribution is 0.0979. The Morgan fingerprint density at radius 3 is 1.88 bits per heavy atom. The second-order valence-electron chi connectivity index (χ2n) is 10.2. The Kier molecular flexibility index (Phi) is 9.26. The molecule has 5 aromatic rings. The molecule has 40 heavy (non-hydrogen) atoms. The first kappa shape index (κ1) is 27.2. The molecule has 202 valence electrons. The summed E-state index contributed by atoms with van der Waals surface area (Å²) in [5.74, 6) is 1.72. The third-order valence-corrected chi connectivity index (χ3v) is 7.17. The summed E-state index contributed by atoms with van der Waals surface area (Å²) in [6.45, 7) is 3.19. The SMILES string of the molecule is CCCCCCC(=O)c1cc(OCc2ccccc2)ccc1-c1ccc2cc(OCc3ccccc3)ccc2c1. The molecule has 0 atom stereocenters. The largest absolute Gasteiger partial charge is 0.489 e. The lowest BCUT2D eigenvalue weighted by Gasteiger charge is -2.14. The van der Waals surface area contributed by atoms with E-state index in [0.29, 0.717) is 25.4 Å². The van der Waals surface area contributed by atoms with Crippen molar-refractivity contribution in [1.82, 2.24) is 0 Å². The van der Waals surface area contributed by atoms with Gasteiger partial charge < -0.3 is 9.47 Å². The Morgan fingerprint density at radius 1 is 0.600 bits per heavy atom. The molecule has 0 amide bonds. The first-order chi connectivity index (χ1) is 19.7. The van der Waals surface area contributed by atoms with Crippen LogP contribution in [0.5, 0.6) is 11.5 Å². The normalized spacial score (nSPS) is 10.9. The molecule has 0 saturated carbocycles. The molecule has 0 aliphatic rings. The van der Waals surface area contributed by atoms with E-state index in [-0.39, 0.29) is 5.78 Å². The molecule has 5 rings (SSSR count). The van der Waals surface area contributed by atoms with E-state index in [0.717, 1.165) is 70.0 Å². The van der Waals surface area contributed by atoms with Crippen molar-refractivity contribution in [3.8, 4) is 22.6 Å². The quantitative estimate of drug-likeness (QED) is 0.113. The third-order valence-electron chi connectivity index (χ3n) is 7.17. The summed E-state index contributed by atoms with van der Waals surface area (Å²) in [7, 11) is 0. The minimum atomic E-state index is 0.168. The standard InChI is InChI=1S/C37H36O3/c1-2-3-4-11-16-37(38)36-25-34(40-27-29-14-9-6-10-15-29)21-22-35(36)32-18-17-31-24-33(20-19-30(31)23-32)39-26-28-12-7-5-8-13-28/h5-10,12-15,17-25H,2-4,11,16,26-27H2,1H3. The summed E-state index contributed by atoms with van der Waals surface area (Å²) in [4.78, 5) is 13.5. The topological polar surface area (TPSA) is 35.5 Å². The summed E-state index contributed by atoms with van der Waals surface area (Å²) < 4.78 is 12.1. The van der Waals surface area contributed by atoms with Gasteiger partial charge in [0.05, 0.1) is 0 Å². The third kappa shape index (κ3) is 7.18. The number of ketones is 1. The molecule has 0 bridgehead atoms. The molecule has 0 aromatic heterocycles. The molecule has 5 aromatic carbocycles. The Labute approximate surface area is 237 Å². The van der Waals surface area contributed by atoms with Gasteiger partial charge in [0.25, 0.3) is 0 Å². The number of rotatable bonds is 13. The van der Waals surface area contributed by atoms with Crippen LogP contribution >= 0.6 is 0 Å². The van der Waals surface area contributed by atoms with Gasteiger partial charge in [-0.25, -0.2) is 0 Å². The fraction of sp³-hybridized carbons (Fsp3) is 0.216. The predicted octanol–water partition coefficient (Wildman–Crippen LogP) is 9.82. The predicted molar refractivity (Wildman–Crippen MR) is 164 cm³/mol. The Bertz CT molecular complexity index is 1540.